The summed E-state index contributed by atoms with van der Waals surface area (Å²) in [7, 11) is 0. The van der Waals surface area contributed by atoms with Crippen LogP contribution in [-0.4, -0.2) is 24.1 Å². The Morgan fingerprint density at radius 2 is 2.07 bits per heavy atom. The quantitative estimate of drug-likeness (QED) is 0.413. The molecule has 0 aliphatic heterocycles. The lowest BCUT2D eigenvalue weighted by molar-refractivity contribution is -0.140. The predicted octanol–water partition coefficient (Wildman–Crippen LogP) is 4.02. The molecule has 0 saturated heterocycles. The Labute approximate surface area is 156 Å². The molecule has 2 rings (SSSR count). The van der Waals surface area contributed by atoms with Crippen LogP contribution in [0.25, 0.3) is 0 Å². The monoisotopic (exact) mass is 408 g/mol. The van der Waals surface area contributed by atoms with Crippen molar-refractivity contribution in [3.8, 4) is 5.75 Å². The van der Waals surface area contributed by atoms with Gasteiger partial charge in [0.1, 0.15) is 10.8 Å². The van der Waals surface area contributed by atoms with Crippen molar-refractivity contribution in [1.29, 1.82) is 0 Å². The minimum atomic E-state index is -4.47. The highest BCUT2D eigenvalue weighted by atomic mass is 32.1. The highest BCUT2D eigenvalue weighted by Crippen LogP contribution is 2.29. The fourth-order valence-electron chi connectivity index (χ4n) is 2.01. The molecule has 0 spiro atoms. The molecule has 0 bridgehead atoms. The molecule has 0 atom stereocenters. The van der Waals surface area contributed by atoms with Crippen molar-refractivity contribution in [2.75, 3.05) is 6.54 Å². The summed E-state index contributed by atoms with van der Waals surface area (Å²) in [5.41, 5.74) is -0.291. The van der Waals surface area contributed by atoms with Gasteiger partial charge in [0, 0.05) is 11.9 Å². The molecule has 1 heterocycles. The van der Waals surface area contributed by atoms with Crippen LogP contribution in [0.5, 0.6) is 5.75 Å². The topological polar surface area (TPSA) is 58.5 Å². The summed E-state index contributed by atoms with van der Waals surface area (Å²) in [6, 6.07) is 6.11. The molecule has 0 amide bonds. The van der Waals surface area contributed by atoms with Crippen LogP contribution < -0.4 is 15.4 Å². The van der Waals surface area contributed by atoms with Crippen molar-refractivity contribution in [2.45, 2.75) is 32.8 Å². The van der Waals surface area contributed by atoms with Gasteiger partial charge in [-0.3, -0.25) is 0 Å². The Bertz CT molecular complexity index is 763. The van der Waals surface area contributed by atoms with E-state index >= 15 is 0 Å². The van der Waals surface area contributed by atoms with Crippen molar-refractivity contribution >= 4 is 17.3 Å². The van der Waals surface area contributed by atoms with Gasteiger partial charge in [0.25, 0.3) is 0 Å². The van der Waals surface area contributed by atoms with Gasteiger partial charge in [-0.25, -0.2) is 9.98 Å². The standard InChI is InChI=1S/C16H17F5N4OS/c1-2-22-15(24-8-13-25-12(9-27-13)16(19,20)21)23-7-10-4-3-5-11(6-10)26-14(17)18/h3-6,9,14H,2,7-8H2,1H3,(H2,22,23,24). The maximum atomic E-state index is 12.6. The molecule has 1 aromatic heterocycles. The molecule has 1 aromatic carbocycles. The Morgan fingerprint density at radius 3 is 2.70 bits per heavy atom. The lowest BCUT2D eigenvalue weighted by Crippen LogP contribution is -2.36. The molecule has 11 heteroatoms. The maximum Gasteiger partial charge on any atom is 0.434 e. The number of halogens is 5. The highest BCUT2D eigenvalue weighted by molar-refractivity contribution is 7.09. The van der Waals surface area contributed by atoms with E-state index in [9.17, 15) is 22.0 Å². The highest BCUT2D eigenvalue weighted by Gasteiger charge is 2.33. The Morgan fingerprint density at radius 1 is 1.30 bits per heavy atom. The number of hydrogen-bond acceptors (Lipinski definition) is 4. The number of nitrogens with zero attached hydrogens (tertiary/aromatic N) is 2. The number of aromatic nitrogens is 1. The minimum Gasteiger partial charge on any atom is -0.435 e. The molecule has 2 aromatic rings. The first-order valence-electron chi connectivity index (χ1n) is 7.85. The predicted molar refractivity (Wildman–Crippen MR) is 91.8 cm³/mol. The Hall–Kier alpha value is -2.43. The molecule has 0 saturated carbocycles. The van der Waals surface area contributed by atoms with E-state index < -0.39 is 18.5 Å². The summed E-state index contributed by atoms with van der Waals surface area (Å²) in [5, 5.41) is 7.05. The summed E-state index contributed by atoms with van der Waals surface area (Å²) >= 11 is 0.895. The van der Waals surface area contributed by atoms with E-state index in [1.165, 1.54) is 12.1 Å². The van der Waals surface area contributed by atoms with Gasteiger partial charge in [0.2, 0.25) is 0 Å². The number of benzene rings is 1. The summed E-state index contributed by atoms with van der Waals surface area (Å²) in [6.45, 7) is -0.309. The van der Waals surface area contributed by atoms with Crippen molar-refractivity contribution in [2.24, 2.45) is 4.99 Å². The number of guanidine groups is 1. The van der Waals surface area contributed by atoms with Gasteiger partial charge in [-0.2, -0.15) is 22.0 Å². The average Bonchev–Trinajstić information content (AvgIpc) is 3.06. The number of nitrogens with one attached hydrogen (secondary N) is 2. The van der Waals surface area contributed by atoms with Crippen LogP contribution >= 0.6 is 11.3 Å². The molecule has 148 valence electrons. The third-order valence-corrected chi connectivity index (χ3v) is 3.99. The molecule has 2 N–H and O–H groups in total. The minimum absolute atomic E-state index is 0.0260. The third kappa shape index (κ3) is 7.00. The molecule has 0 aliphatic rings. The zero-order chi connectivity index (χ0) is 19.9. The summed E-state index contributed by atoms with van der Waals surface area (Å²) < 4.78 is 66.6. The lowest BCUT2D eigenvalue weighted by Gasteiger charge is -2.10. The van der Waals surface area contributed by atoms with Gasteiger partial charge in [0.15, 0.2) is 11.7 Å². The fraction of sp³-hybridized carbons (Fsp3) is 0.375. The number of rotatable bonds is 7. The maximum absolute atomic E-state index is 12.6. The average molecular weight is 408 g/mol. The molecule has 0 fully saturated rings. The van der Waals surface area contributed by atoms with Crippen molar-refractivity contribution in [3.63, 3.8) is 0 Å². The van der Waals surface area contributed by atoms with Crippen molar-refractivity contribution < 1.29 is 26.7 Å². The number of aliphatic imine (C=N–C) groups is 1. The van der Waals surface area contributed by atoms with Gasteiger partial charge in [0.05, 0.1) is 13.1 Å². The van der Waals surface area contributed by atoms with Crippen LogP contribution in [0.3, 0.4) is 0 Å². The third-order valence-electron chi connectivity index (χ3n) is 3.14. The molecule has 27 heavy (non-hydrogen) atoms. The molecule has 0 unspecified atom stereocenters. The van der Waals surface area contributed by atoms with E-state index in [-0.39, 0.29) is 23.8 Å². The van der Waals surface area contributed by atoms with Crippen molar-refractivity contribution in [1.82, 2.24) is 15.6 Å². The second-order valence-corrected chi connectivity index (χ2v) is 6.14. The zero-order valence-electron chi connectivity index (χ0n) is 14.2. The van der Waals surface area contributed by atoms with E-state index in [2.05, 4.69) is 25.3 Å². The first kappa shape index (κ1) is 20.9. The summed E-state index contributed by atoms with van der Waals surface area (Å²) in [5.74, 6) is 0.388. The van der Waals surface area contributed by atoms with E-state index in [0.29, 0.717) is 18.1 Å². The fourth-order valence-corrected chi connectivity index (χ4v) is 2.75. The van der Waals surface area contributed by atoms with Gasteiger partial charge < -0.3 is 15.4 Å². The van der Waals surface area contributed by atoms with E-state index in [0.717, 1.165) is 16.7 Å². The molecular weight excluding hydrogens is 391 g/mol. The van der Waals surface area contributed by atoms with Gasteiger partial charge in [-0.05, 0) is 24.6 Å². The molecule has 5 nitrogen and oxygen atoms in total. The second kappa shape index (κ2) is 9.49. The molecule has 0 aliphatic carbocycles. The Kier molecular flexibility index (Phi) is 7.34. The van der Waals surface area contributed by atoms with Crippen LogP contribution in [-0.2, 0) is 19.3 Å². The normalized spacial score (nSPS) is 12.3. The summed E-state index contributed by atoms with van der Waals surface area (Å²) in [4.78, 5) is 7.81. The smallest absolute Gasteiger partial charge is 0.434 e. The molecule has 0 radical (unpaired) electrons. The van der Waals surface area contributed by atoms with Gasteiger partial charge in [-0.1, -0.05) is 12.1 Å². The first-order valence-corrected chi connectivity index (χ1v) is 8.73. The lowest BCUT2D eigenvalue weighted by atomic mass is 10.2. The number of alkyl halides is 5. The SMILES string of the molecule is CCNC(=NCc1cccc(OC(F)F)c1)NCc1nc(C(F)(F)F)cs1. The van der Waals surface area contributed by atoms with Crippen LogP contribution in [0.2, 0.25) is 0 Å². The molecular formula is C16H17F5N4OS. The number of hydrogen-bond donors (Lipinski definition) is 2. The van der Waals surface area contributed by atoms with Crippen LogP contribution in [0.15, 0.2) is 34.6 Å². The van der Waals surface area contributed by atoms with Crippen LogP contribution in [0.4, 0.5) is 22.0 Å². The van der Waals surface area contributed by atoms with Gasteiger partial charge in [-0.15, -0.1) is 11.3 Å². The first-order chi connectivity index (χ1) is 12.8. The largest absolute Gasteiger partial charge is 0.435 e. The van der Waals surface area contributed by atoms with Crippen molar-refractivity contribution in [3.05, 3.63) is 45.9 Å². The van der Waals surface area contributed by atoms with E-state index in [1.54, 1.807) is 12.1 Å². The van der Waals surface area contributed by atoms with Crippen LogP contribution in [0, 0.1) is 0 Å². The summed E-state index contributed by atoms with van der Waals surface area (Å²) in [6.07, 6.45) is -4.47. The van der Waals surface area contributed by atoms with Gasteiger partial charge >= 0.3 is 12.8 Å². The number of ether oxygens (including phenoxy) is 1. The zero-order valence-corrected chi connectivity index (χ0v) is 15.0. The van der Waals surface area contributed by atoms with Crippen LogP contribution in [0.1, 0.15) is 23.2 Å². The van der Waals surface area contributed by atoms with E-state index in [4.69, 9.17) is 0 Å². The number of thiazole rings is 1. The second-order valence-electron chi connectivity index (χ2n) is 5.20. The Balaban J connectivity index is 1.99. The van der Waals surface area contributed by atoms with E-state index in [1.807, 2.05) is 6.92 Å².